The third-order valence-electron chi connectivity index (χ3n) is 3.17. The van der Waals surface area contributed by atoms with Gasteiger partial charge in [0.15, 0.2) is 0 Å². The van der Waals surface area contributed by atoms with Crippen molar-refractivity contribution in [2.75, 3.05) is 0 Å². The van der Waals surface area contributed by atoms with Crippen LogP contribution in [0.15, 0.2) is 30.5 Å². The van der Waals surface area contributed by atoms with E-state index < -0.39 is 11.9 Å². The molecule has 0 amide bonds. The zero-order valence-corrected chi connectivity index (χ0v) is 11.0. The molecule has 2 aromatic rings. The highest BCUT2D eigenvalue weighted by Crippen LogP contribution is 2.25. The first-order valence-corrected chi connectivity index (χ1v) is 6.40. The molecule has 0 saturated heterocycles. The van der Waals surface area contributed by atoms with Gasteiger partial charge in [-0.2, -0.15) is 13.8 Å². The largest absolute Gasteiger partial charge is 0.256 e. The van der Waals surface area contributed by atoms with Crippen molar-refractivity contribution in [3.8, 4) is 11.3 Å². The van der Waals surface area contributed by atoms with Gasteiger partial charge in [0.25, 0.3) is 0 Å². The van der Waals surface area contributed by atoms with Gasteiger partial charge in [-0.05, 0) is 42.2 Å². The maximum atomic E-state index is 13.6. The maximum Gasteiger partial charge on any atom is 0.224 e. The maximum absolute atomic E-state index is 13.6. The molecule has 0 fully saturated rings. The molecule has 0 spiro atoms. The Kier molecular flexibility index (Phi) is 4.20. The Labute approximate surface area is 111 Å². The zero-order chi connectivity index (χ0) is 13.8. The normalized spacial score (nSPS) is 12.4. The Hall–Kier alpha value is -1.84. The molecule has 4 heteroatoms. The predicted octanol–water partition coefficient (Wildman–Crippen LogP) is 4.33. The van der Waals surface area contributed by atoms with Gasteiger partial charge in [-0.25, -0.2) is 0 Å². The molecule has 0 saturated carbocycles. The SMILES string of the molecule is CCCC(C)c1ccnc(-c2ccc(F)nc2F)c1. The number of nitrogens with zero attached hydrogens (tertiary/aromatic N) is 2. The molecule has 0 aliphatic carbocycles. The minimum atomic E-state index is -0.826. The Morgan fingerprint density at radius 3 is 2.68 bits per heavy atom. The lowest BCUT2D eigenvalue weighted by molar-refractivity contribution is 0.515. The van der Waals surface area contributed by atoms with Gasteiger partial charge in [0.2, 0.25) is 11.9 Å². The van der Waals surface area contributed by atoms with Gasteiger partial charge in [-0.3, -0.25) is 4.98 Å². The fourth-order valence-corrected chi connectivity index (χ4v) is 2.10. The summed E-state index contributed by atoms with van der Waals surface area (Å²) in [4.78, 5) is 7.33. The summed E-state index contributed by atoms with van der Waals surface area (Å²) in [7, 11) is 0. The van der Waals surface area contributed by atoms with Gasteiger partial charge in [0.1, 0.15) is 0 Å². The van der Waals surface area contributed by atoms with E-state index in [1.54, 1.807) is 6.20 Å². The van der Waals surface area contributed by atoms with Crippen LogP contribution in [0.25, 0.3) is 11.3 Å². The Morgan fingerprint density at radius 2 is 2.00 bits per heavy atom. The van der Waals surface area contributed by atoms with Gasteiger partial charge in [0.05, 0.1) is 11.3 Å². The van der Waals surface area contributed by atoms with Gasteiger partial charge in [0, 0.05) is 6.20 Å². The van der Waals surface area contributed by atoms with Crippen LogP contribution in [0.4, 0.5) is 8.78 Å². The number of hydrogen-bond donors (Lipinski definition) is 0. The van der Waals surface area contributed by atoms with E-state index in [9.17, 15) is 8.78 Å². The molecular weight excluding hydrogens is 246 g/mol. The fraction of sp³-hybridized carbons (Fsp3) is 0.333. The Balaban J connectivity index is 2.37. The Bertz CT molecular complexity index is 570. The standard InChI is InChI=1S/C15H16F2N2/c1-3-4-10(2)11-7-8-18-13(9-11)12-5-6-14(16)19-15(12)17/h5-10H,3-4H2,1-2H3. The lowest BCUT2D eigenvalue weighted by atomic mass is 9.96. The number of aromatic nitrogens is 2. The molecule has 0 aromatic carbocycles. The summed E-state index contributed by atoms with van der Waals surface area (Å²) in [5.74, 6) is -1.26. The van der Waals surface area contributed by atoms with Crippen molar-refractivity contribution in [2.45, 2.75) is 32.6 Å². The summed E-state index contributed by atoms with van der Waals surface area (Å²) in [6.45, 7) is 4.25. The van der Waals surface area contributed by atoms with E-state index in [0.29, 0.717) is 11.6 Å². The van der Waals surface area contributed by atoms with Crippen molar-refractivity contribution in [1.29, 1.82) is 0 Å². The van der Waals surface area contributed by atoms with Crippen LogP contribution in [-0.2, 0) is 0 Å². The predicted molar refractivity (Wildman–Crippen MR) is 70.7 cm³/mol. The number of hydrogen-bond acceptors (Lipinski definition) is 2. The van der Waals surface area contributed by atoms with Gasteiger partial charge < -0.3 is 0 Å². The highest BCUT2D eigenvalue weighted by molar-refractivity contribution is 5.59. The summed E-state index contributed by atoms with van der Waals surface area (Å²) >= 11 is 0. The summed E-state index contributed by atoms with van der Waals surface area (Å²) in [6, 6.07) is 6.29. The highest BCUT2D eigenvalue weighted by atomic mass is 19.1. The second kappa shape index (κ2) is 5.87. The molecule has 1 atom stereocenters. The van der Waals surface area contributed by atoms with Crippen LogP contribution in [0.1, 0.15) is 38.2 Å². The third kappa shape index (κ3) is 3.13. The fourth-order valence-electron chi connectivity index (χ4n) is 2.10. The third-order valence-corrected chi connectivity index (χ3v) is 3.17. The summed E-state index contributed by atoms with van der Waals surface area (Å²) in [5.41, 5.74) is 1.83. The lowest BCUT2D eigenvalue weighted by Crippen LogP contribution is -1.97. The van der Waals surface area contributed by atoms with Crippen molar-refractivity contribution < 1.29 is 8.78 Å². The van der Waals surface area contributed by atoms with E-state index >= 15 is 0 Å². The molecule has 100 valence electrons. The number of halogens is 2. The summed E-state index contributed by atoms with van der Waals surface area (Å²) in [5, 5.41) is 0. The minimum Gasteiger partial charge on any atom is -0.256 e. The quantitative estimate of drug-likeness (QED) is 0.767. The smallest absolute Gasteiger partial charge is 0.224 e. The first kappa shape index (κ1) is 13.6. The number of rotatable bonds is 4. The molecule has 0 N–H and O–H groups in total. The molecule has 2 heterocycles. The van der Waals surface area contributed by atoms with Crippen molar-refractivity contribution in [2.24, 2.45) is 0 Å². The van der Waals surface area contributed by atoms with E-state index in [1.807, 2.05) is 12.1 Å². The van der Waals surface area contributed by atoms with E-state index in [-0.39, 0.29) is 5.56 Å². The average molecular weight is 262 g/mol. The number of pyridine rings is 2. The first-order chi connectivity index (χ1) is 9.11. The van der Waals surface area contributed by atoms with Crippen molar-refractivity contribution >= 4 is 0 Å². The molecule has 1 unspecified atom stereocenters. The van der Waals surface area contributed by atoms with Crippen molar-refractivity contribution in [3.05, 3.63) is 47.9 Å². The van der Waals surface area contributed by atoms with E-state index in [1.165, 1.54) is 6.07 Å². The van der Waals surface area contributed by atoms with Crippen LogP contribution in [0.3, 0.4) is 0 Å². The monoisotopic (exact) mass is 262 g/mol. The van der Waals surface area contributed by atoms with E-state index in [2.05, 4.69) is 23.8 Å². The van der Waals surface area contributed by atoms with Crippen LogP contribution in [0.2, 0.25) is 0 Å². The van der Waals surface area contributed by atoms with Gasteiger partial charge in [-0.15, -0.1) is 0 Å². The van der Waals surface area contributed by atoms with Crippen LogP contribution in [0, 0.1) is 11.9 Å². The Morgan fingerprint density at radius 1 is 1.21 bits per heavy atom. The molecule has 2 rings (SSSR count). The second-order valence-electron chi connectivity index (χ2n) is 4.64. The minimum absolute atomic E-state index is 0.229. The highest BCUT2D eigenvalue weighted by Gasteiger charge is 2.11. The topological polar surface area (TPSA) is 25.8 Å². The molecular formula is C15H16F2N2. The molecule has 2 aromatic heterocycles. The first-order valence-electron chi connectivity index (χ1n) is 6.40. The van der Waals surface area contributed by atoms with E-state index in [4.69, 9.17) is 0 Å². The molecule has 0 radical (unpaired) electrons. The summed E-state index contributed by atoms with van der Waals surface area (Å²) in [6.07, 6.45) is 3.80. The van der Waals surface area contributed by atoms with Gasteiger partial charge in [-0.1, -0.05) is 20.3 Å². The van der Waals surface area contributed by atoms with E-state index in [0.717, 1.165) is 24.5 Å². The second-order valence-corrected chi connectivity index (χ2v) is 4.64. The lowest BCUT2D eigenvalue weighted by Gasteiger charge is -2.11. The van der Waals surface area contributed by atoms with Crippen LogP contribution in [-0.4, -0.2) is 9.97 Å². The molecule has 19 heavy (non-hydrogen) atoms. The van der Waals surface area contributed by atoms with Crippen LogP contribution in [0.5, 0.6) is 0 Å². The molecule has 0 bridgehead atoms. The van der Waals surface area contributed by atoms with Crippen LogP contribution < -0.4 is 0 Å². The zero-order valence-electron chi connectivity index (χ0n) is 11.0. The van der Waals surface area contributed by atoms with Crippen molar-refractivity contribution in [1.82, 2.24) is 9.97 Å². The molecule has 0 aliphatic rings. The van der Waals surface area contributed by atoms with Gasteiger partial charge >= 0.3 is 0 Å². The average Bonchev–Trinajstić information content (AvgIpc) is 2.39. The molecule has 0 aliphatic heterocycles. The molecule has 2 nitrogen and oxygen atoms in total. The van der Waals surface area contributed by atoms with Crippen LogP contribution >= 0.6 is 0 Å². The summed E-state index contributed by atoms with van der Waals surface area (Å²) < 4.78 is 26.4. The van der Waals surface area contributed by atoms with Crippen molar-refractivity contribution in [3.63, 3.8) is 0 Å².